The van der Waals surface area contributed by atoms with Gasteiger partial charge in [-0.05, 0) is 42.8 Å². The number of halogens is 1. The van der Waals surface area contributed by atoms with E-state index in [0.29, 0.717) is 0 Å². The number of nitrogens with one attached hydrogen (secondary N) is 1. The van der Waals surface area contributed by atoms with Gasteiger partial charge in [-0.2, -0.15) is 0 Å². The number of benzene rings is 2. The molecule has 0 unspecified atom stereocenters. The van der Waals surface area contributed by atoms with Crippen LogP contribution < -0.4 is 0 Å². The molecule has 1 N–H and O–H groups in total. The molecular weight excluding hydrogens is 321 g/mol. The number of nitrogens with zero attached hydrogens (tertiary/aromatic N) is 2. The Bertz CT molecular complexity index is 1010. The van der Waals surface area contributed by atoms with Gasteiger partial charge in [0.05, 0.1) is 27.1 Å². The molecule has 0 radical (unpaired) electrons. The molecule has 4 aromatic rings. The Balaban J connectivity index is 1.92. The Labute approximate surface area is 143 Å². The van der Waals surface area contributed by atoms with Crippen LogP contribution >= 0.6 is 11.3 Å². The van der Waals surface area contributed by atoms with Gasteiger partial charge >= 0.3 is 0 Å². The minimum absolute atomic E-state index is 0.241. The molecule has 0 saturated carbocycles. The smallest absolute Gasteiger partial charge is 0.124 e. The highest BCUT2D eigenvalue weighted by Crippen LogP contribution is 2.33. The van der Waals surface area contributed by atoms with E-state index < -0.39 is 0 Å². The number of imidazole rings is 1. The molecule has 0 amide bonds. The van der Waals surface area contributed by atoms with Gasteiger partial charge in [-0.15, -0.1) is 11.3 Å². The van der Waals surface area contributed by atoms with Gasteiger partial charge in [0, 0.05) is 17.5 Å². The second-order valence-electron chi connectivity index (χ2n) is 5.81. The predicted molar refractivity (Wildman–Crippen MR) is 96.7 cm³/mol. The lowest BCUT2D eigenvalue weighted by atomic mass is 10.0. The van der Waals surface area contributed by atoms with Crippen LogP contribution in [-0.4, -0.2) is 15.0 Å². The van der Waals surface area contributed by atoms with Crippen molar-refractivity contribution in [3.8, 4) is 22.5 Å². The second-order valence-corrected chi connectivity index (χ2v) is 6.70. The maximum Gasteiger partial charge on any atom is 0.124 e. The van der Waals surface area contributed by atoms with E-state index in [0.717, 1.165) is 50.5 Å². The molecule has 0 aliphatic heterocycles. The first-order valence-corrected chi connectivity index (χ1v) is 8.72. The Morgan fingerprint density at radius 3 is 2.79 bits per heavy atom. The Hall–Kier alpha value is -2.53. The van der Waals surface area contributed by atoms with Crippen molar-refractivity contribution in [1.82, 2.24) is 15.0 Å². The standard InChI is InChI=1S/C19H16FN3S/c1-3-17-22-18(12-4-5-15-16(9-12)24-10-21-15)19(23-17)13-6-11(2)7-14(20)8-13/h4-10H,3H2,1-2H3,(H,22,23). The molecule has 120 valence electrons. The minimum atomic E-state index is -0.241. The fourth-order valence-corrected chi connectivity index (χ4v) is 3.61. The Morgan fingerprint density at radius 1 is 1.12 bits per heavy atom. The largest absolute Gasteiger partial charge is 0.341 e. The zero-order valence-corrected chi connectivity index (χ0v) is 14.2. The van der Waals surface area contributed by atoms with Gasteiger partial charge < -0.3 is 4.98 Å². The summed E-state index contributed by atoms with van der Waals surface area (Å²) in [6, 6.07) is 11.2. The average Bonchev–Trinajstić information content (AvgIpc) is 3.19. The van der Waals surface area contributed by atoms with Crippen LogP contribution in [0.4, 0.5) is 4.39 Å². The highest BCUT2D eigenvalue weighted by atomic mass is 32.1. The molecule has 5 heteroatoms. The topological polar surface area (TPSA) is 41.6 Å². The van der Waals surface area contributed by atoms with Crippen LogP contribution in [0.15, 0.2) is 41.9 Å². The van der Waals surface area contributed by atoms with Crippen molar-refractivity contribution >= 4 is 21.6 Å². The van der Waals surface area contributed by atoms with E-state index in [4.69, 9.17) is 4.98 Å². The molecule has 0 aliphatic rings. The van der Waals surface area contributed by atoms with Crippen molar-refractivity contribution < 1.29 is 4.39 Å². The van der Waals surface area contributed by atoms with Crippen LogP contribution in [0.25, 0.3) is 32.7 Å². The lowest BCUT2D eigenvalue weighted by molar-refractivity contribution is 0.627. The molecule has 0 atom stereocenters. The summed E-state index contributed by atoms with van der Waals surface area (Å²) in [7, 11) is 0. The summed E-state index contributed by atoms with van der Waals surface area (Å²) < 4.78 is 15.0. The molecule has 0 spiro atoms. The Morgan fingerprint density at radius 2 is 2.00 bits per heavy atom. The van der Waals surface area contributed by atoms with E-state index in [-0.39, 0.29) is 5.82 Å². The molecular formula is C19H16FN3S. The van der Waals surface area contributed by atoms with Crippen LogP contribution in [0.5, 0.6) is 0 Å². The van der Waals surface area contributed by atoms with Gasteiger partial charge in [0.25, 0.3) is 0 Å². The molecule has 4 rings (SSSR count). The maximum absolute atomic E-state index is 13.9. The van der Waals surface area contributed by atoms with Crippen molar-refractivity contribution in [2.24, 2.45) is 0 Å². The number of H-pyrrole nitrogens is 1. The average molecular weight is 337 g/mol. The van der Waals surface area contributed by atoms with Crippen LogP contribution in [0, 0.1) is 12.7 Å². The highest BCUT2D eigenvalue weighted by molar-refractivity contribution is 7.16. The van der Waals surface area contributed by atoms with Gasteiger partial charge in [-0.3, -0.25) is 0 Å². The fraction of sp³-hybridized carbons (Fsp3) is 0.158. The highest BCUT2D eigenvalue weighted by Gasteiger charge is 2.15. The molecule has 0 bridgehead atoms. The van der Waals surface area contributed by atoms with E-state index in [9.17, 15) is 4.39 Å². The number of fused-ring (bicyclic) bond motifs is 1. The summed E-state index contributed by atoms with van der Waals surface area (Å²) >= 11 is 1.61. The fourth-order valence-electron chi connectivity index (χ4n) is 2.89. The zero-order chi connectivity index (χ0) is 16.7. The summed E-state index contributed by atoms with van der Waals surface area (Å²) in [5.41, 5.74) is 7.26. The van der Waals surface area contributed by atoms with Gasteiger partial charge in [0.2, 0.25) is 0 Å². The summed E-state index contributed by atoms with van der Waals surface area (Å²) in [5.74, 6) is 0.654. The third kappa shape index (κ3) is 2.61. The lowest BCUT2D eigenvalue weighted by Gasteiger charge is -2.05. The van der Waals surface area contributed by atoms with Crippen molar-refractivity contribution in [2.75, 3.05) is 0 Å². The first kappa shape index (κ1) is 15.0. The summed E-state index contributed by atoms with van der Waals surface area (Å²) in [4.78, 5) is 12.4. The van der Waals surface area contributed by atoms with E-state index in [1.54, 1.807) is 11.3 Å². The van der Waals surface area contributed by atoms with Crippen LogP contribution in [0.2, 0.25) is 0 Å². The van der Waals surface area contributed by atoms with Gasteiger partial charge in [-0.25, -0.2) is 14.4 Å². The number of hydrogen-bond donors (Lipinski definition) is 1. The van der Waals surface area contributed by atoms with Gasteiger partial charge in [0.1, 0.15) is 11.6 Å². The molecule has 2 heterocycles. The SMILES string of the molecule is CCc1nc(-c2cc(C)cc(F)c2)c(-c2ccc3ncsc3c2)[nH]1. The van der Waals surface area contributed by atoms with Crippen LogP contribution in [-0.2, 0) is 6.42 Å². The molecule has 3 nitrogen and oxygen atoms in total. The van der Waals surface area contributed by atoms with Crippen molar-refractivity contribution in [1.29, 1.82) is 0 Å². The zero-order valence-electron chi connectivity index (χ0n) is 13.4. The quantitative estimate of drug-likeness (QED) is 0.546. The van der Waals surface area contributed by atoms with Gasteiger partial charge in [0.15, 0.2) is 0 Å². The van der Waals surface area contributed by atoms with E-state index in [1.807, 2.05) is 30.6 Å². The number of aromatic amines is 1. The first-order chi connectivity index (χ1) is 11.6. The number of hydrogen-bond acceptors (Lipinski definition) is 3. The summed E-state index contributed by atoms with van der Waals surface area (Å²) in [5, 5.41) is 0. The molecule has 0 saturated heterocycles. The maximum atomic E-state index is 13.9. The van der Waals surface area contributed by atoms with Crippen molar-refractivity contribution in [3.05, 3.63) is 59.1 Å². The second kappa shape index (κ2) is 5.83. The predicted octanol–water partition coefficient (Wildman–Crippen LogP) is 5.36. The normalized spacial score (nSPS) is 11.3. The number of aromatic nitrogens is 3. The molecule has 0 aliphatic carbocycles. The number of thiazole rings is 1. The van der Waals surface area contributed by atoms with E-state index in [2.05, 4.69) is 23.0 Å². The molecule has 2 aromatic heterocycles. The van der Waals surface area contributed by atoms with Crippen molar-refractivity contribution in [3.63, 3.8) is 0 Å². The molecule has 24 heavy (non-hydrogen) atoms. The van der Waals surface area contributed by atoms with E-state index >= 15 is 0 Å². The van der Waals surface area contributed by atoms with Gasteiger partial charge in [-0.1, -0.05) is 13.0 Å². The molecule has 2 aromatic carbocycles. The monoisotopic (exact) mass is 337 g/mol. The number of aryl methyl sites for hydroxylation is 2. The van der Waals surface area contributed by atoms with E-state index in [1.165, 1.54) is 12.1 Å². The summed E-state index contributed by atoms with van der Waals surface area (Å²) in [6.45, 7) is 3.94. The third-order valence-electron chi connectivity index (χ3n) is 4.02. The Kier molecular flexibility index (Phi) is 3.65. The number of rotatable bonds is 3. The minimum Gasteiger partial charge on any atom is -0.341 e. The van der Waals surface area contributed by atoms with Crippen LogP contribution in [0.1, 0.15) is 18.3 Å². The first-order valence-electron chi connectivity index (χ1n) is 7.84. The third-order valence-corrected chi connectivity index (χ3v) is 4.81. The molecule has 0 fully saturated rings. The van der Waals surface area contributed by atoms with Crippen LogP contribution in [0.3, 0.4) is 0 Å². The van der Waals surface area contributed by atoms with Crippen molar-refractivity contribution in [2.45, 2.75) is 20.3 Å². The summed E-state index contributed by atoms with van der Waals surface area (Å²) in [6.07, 6.45) is 0.796. The lowest BCUT2D eigenvalue weighted by Crippen LogP contribution is -1.87.